The molecule has 0 heterocycles. The van der Waals surface area contributed by atoms with Crippen LogP contribution < -0.4 is 0 Å². The van der Waals surface area contributed by atoms with Crippen molar-refractivity contribution in [3.05, 3.63) is 116 Å². The normalized spacial score (nSPS) is 20.4. The molecule has 3 aliphatic carbocycles. The summed E-state index contributed by atoms with van der Waals surface area (Å²) >= 11 is 0. The van der Waals surface area contributed by atoms with E-state index in [0.29, 0.717) is 11.8 Å². The summed E-state index contributed by atoms with van der Waals surface area (Å²) in [5.74, 6) is 1.26. The molecule has 6 rings (SSSR count). The minimum atomic E-state index is 0.0960. The second-order valence-electron chi connectivity index (χ2n) is 16.3. The number of allylic oxidation sites excluding steroid dienone is 6. The molecule has 0 aromatic heterocycles. The quantitative estimate of drug-likeness (QED) is 0.238. The van der Waals surface area contributed by atoms with Gasteiger partial charge in [-0.3, -0.25) is 0 Å². The van der Waals surface area contributed by atoms with Crippen LogP contribution in [0, 0.1) is 5.92 Å². The smallest absolute Gasteiger partial charge is 0.00838 e. The molecule has 0 heteroatoms. The summed E-state index contributed by atoms with van der Waals surface area (Å²) in [4.78, 5) is 0. The van der Waals surface area contributed by atoms with E-state index in [-0.39, 0.29) is 10.8 Å². The Morgan fingerprint density at radius 2 is 1.58 bits per heavy atom. The molecule has 45 heavy (non-hydrogen) atoms. The van der Waals surface area contributed by atoms with Gasteiger partial charge >= 0.3 is 0 Å². The molecule has 0 aliphatic heterocycles. The monoisotopic (exact) mass is 596 g/mol. The van der Waals surface area contributed by atoms with Crippen molar-refractivity contribution in [3.63, 3.8) is 0 Å². The molecule has 2 unspecified atom stereocenters. The molecule has 0 nitrogen and oxygen atoms in total. The van der Waals surface area contributed by atoms with Crippen LogP contribution in [0.1, 0.15) is 153 Å². The highest BCUT2D eigenvalue weighted by atomic mass is 14.4. The fourth-order valence-electron chi connectivity index (χ4n) is 8.26. The molecule has 0 saturated heterocycles. The SMILES string of the molecule is CCCCCC(C)(C)c1ccc2c3c(ccc2c1)C(c1cc(C(C)(C)C)ccc1C1CCC(C)=CC(C)=C2CC21)=C(C)CC=C3. The maximum atomic E-state index is 2.58. The summed E-state index contributed by atoms with van der Waals surface area (Å²) in [6.45, 7) is 21.3. The van der Waals surface area contributed by atoms with Crippen molar-refractivity contribution in [1.82, 2.24) is 0 Å². The Hall–Kier alpha value is -3.12. The van der Waals surface area contributed by atoms with E-state index in [2.05, 4.69) is 129 Å². The topological polar surface area (TPSA) is 0 Å². The molecule has 3 aromatic carbocycles. The van der Waals surface area contributed by atoms with Gasteiger partial charge in [0.05, 0.1) is 0 Å². The van der Waals surface area contributed by atoms with Crippen molar-refractivity contribution in [2.75, 3.05) is 0 Å². The van der Waals surface area contributed by atoms with Gasteiger partial charge in [-0.15, -0.1) is 0 Å². The van der Waals surface area contributed by atoms with Gasteiger partial charge in [0.1, 0.15) is 0 Å². The van der Waals surface area contributed by atoms with E-state index in [1.807, 2.05) is 0 Å². The molecule has 3 aliphatic rings. The molecular weight excluding hydrogens is 540 g/mol. The van der Waals surface area contributed by atoms with Crippen LogP contribution in [0.25, 0.3) is 22.4 Å². The molecule has 3 aromatic rings. The Bertz CT molecular complexity index is 1740. The zero-order chi connectivity index (χ0) is 32.1. The fourth-order valence-corrected chi connectivity index (χ4v) is 8.26. The van der Waals surface area contributed by atoms with E-state index in [1.165, 1.54) is 106 Å². The van der Waals surface area contributed by atoms with Crippen LogP contribution in [0.5, 0.6) is 0 Å². The number of benzene rings is 3. The van der Waals surface area contributed by atoms with Crippen LogP contribution in [0.3, 0.4) is 0 Å². The van der Waals surface area contributed by atoms with Crippen molar-refractivity contribution < 1.29 is 0 Å². The number of fused-ring (bicyclic) bond motifs is 4. The van der Waals surface area contributed by atoms with Gasteiger partial charge in [-0.1, -0.05) is 150 Å². The maximum absolute atomic E-state index is 2.58. The van der Waals surface area contributed by atoms with Crippen LogP contribution in [0.4, 0.5) is 0 Å². The number of rotatable bonds is 7. The van der Waals surface area contributed by atoms with E-state index < -0.39 is 0 Å². The van der Waals surface area contributed by atoms with Crippen LogP contribution in [0.15, 0.2) is 83.0 Å². The lowest BCUT2D eigenvalue weighted by atomic mass is 9.76. The van der Waals surface area contributed by atoms with E-state index in [1.54, 1.807) is 11.1 Å². The van der Waals surface area contributed by atoms with Crippen LogP contribution >= 0.6 is 0 Å². The molecule has 0 N–H and O–H groups in total. The van der Waals surface area contributed by atoms with Crippen molar-refractivity contribution in [1.29, 1.82) is 0 Å². The van der Waals surface area contributed by atoms with Crippen LogP contribution in [-0.4, -0.2) is 0 Å². The summed E-state index contributed by atoms with van der Waals surface area (Å²) < 4.78 is 0. The minimum Gasteiger partial charge on any atom is -0.0798 e. The van der Waals surface area contributed by atoms with Crippen molar-refractivity contribution in [3.8, 4) is 0 Å². The van der Waals surface area contributed by atoms with E-state index in [4.69, 9.17) is 0 Å². The Morgan fingerprint density at radius 3 is 2.33 bits per heavy atom. The zero-order valence-electron chi connectivity index (χ0n) is 29.7. The number of hydrogen-bond acceptors (Lipinski definition) is 0. The summed E-state index contributed by atoms with van der Waals surface area (Å²) in [5.41, 5.74) is 16.7. The predicted molar refractivity (Wildman–Crippen MR) is 198 cm³/mol. The third kappa shape index (κ3) is 6.32. The van der Waals surface area contributed by atoms with E-state index >= 15 is 0 Å². The summed E-state index contributed by atoms with van der Waals surface area (Å²) in [5, 5.41) is 2.75. The first-order chi connectivity index (χ1) is 21.4. The molecular formula is C45H56. The molecule has 0 spiro atoms. The Kier molecular flexibility index (Phi) is 8.66. The van der Waals surface area contributed by atoms with Crippen molar-refractivity contribution in [2.24, 2.45) is 5.92 Å². The third-order valence-electron chi connectivity index (χ3n) is 11.3. The largest absolute Gasteiger partial charge is 0.0798 e. The van der Waals surface area contributed by atoms with Gasteiger partial charge in [0.15, 0.2) is 0 Å². The molecule has 2 atom stereocenters. The Labute approximate surface area is 274 Å². The Balaban J connectivity index is 1.50. The zero-order valence-corrected chi connectivity index (χ0v) is 29.7. The van der Waals surface area contributed by atoms with Gasteiger partial charge in [0, 0.05) is 0 Å². The molecule has 0 bridgehead atoms. The van der Waals surface area contributed by atoms with E-state index in [9.17, 15) is 0 Å². The molecule has 1 fully saturated rings. The first kappa shape index (κ1) is 31.8. The second-order valence-corrected chi connectivity index (χ2v) is 16.3. The maximum Gasteiger partial charge on any atom is -0.00838 e. The van der Waals surface area contributed by atoms with Gasteiger partial charge in [-0.2, -0.15) is 0 Å². The average Bonchev–Trinajstić information content (AvgIpc) is 3.79. The van der Waals surface area contributed by atoms with Crippen molar-refractivity contribution >= 4 is 22.4 Å². The predicted octanol–water partition coefficient (Wildman–Crippen LogP) is 13.4. The van der Waals surface area contributed by atoms with Crippen LogP contribution in [0.2, 0.25) is 0 Å². The summed E-state index contributed by atoms with van der Waals surface area (Å²) in [6.07, 6.45) is 17.1. The average molecular weight is 597 g/mol. The highest BCUT2D eigenvalue weighted by Gasteiger charge is 2.41. The van der Waals surface area contributed by atoms with E-state index in [0.717, 1.165) is 6.42 Å². The van der Waals surface area contributed by atoms with Crippen LogP contribution in [-0.2, 0) is 10.8 Å². The lowest BCUT2D eigenvalue weighted by Gasteiger charge is -2.28. The second kappa shape index (κ2) is 12.2. The minimum absolute atomic E-state index is 0.0960. The lowest BCUT2D eigenvalue weighted by molar-refractivity contribution is 0.450. The lowest BCUT2D eigenvalue weighted by Crippen LogP contribution is -2.17. The first-order valence-electron chi connectivity index (χ1n) is 17.8. The highest BCUT2D eigenvalue weighted by Crippen LogP contribution is 2.55. The van der Waals surface area contributed by atoms with Gasteiger partial charge < -0.3 is 0 Å². The molecule has 236 valence electrons. The highest BCUT2D eigenvalue weighted by molar-refractivity contribution is 6.00. The number of hydrogen-bond donors (Lipinski definition) is 0. The fraction of sp³-hybridized carbons (Fsp3) is 0.467. The third-order valence-corrected chi connectivity index (χ3v) is 11.3. The van der Waals surface area contributed by atoms with Gasteiger partial charge in [-0.25, -0.2) is 0 Å². The first-order valence-corrected chi connectivity index (χ1v) is 17.8. The Morgan fingerprint density at radius 1 is 0.800 bits per heavy atom. The summed E-state index contributed by atoms with van der Waals surface area (Å²) in [7, 11) is 0. The summed E-state index contributed by atoms with van der Waals surface area (Å²) in [6, 6.07) is 19.7. The van der Waals surface area contributed by atoms with Gasteiger partial charge in [0.25, 0.3) is 0 Å². The van der Waals surface area contributed by atoms with Gasteiger partial charge in [0.2, 0.25) is 0 Å². The van der Waals surface area contributed by atoms with Gasteiger partial charge in [-0.05, 0) is 125 Å². The van der Waals surface area contributed by atoms with Crippen molar-refractivity contribution in [2.45, 2.75) is 130 Å². The molecule has 0 radical (unpaired) electrons. The number of unbranched alkanes of at least 4 members (excludes halogenated alkanes) is 2. The standard InChI is InChI=1S/C45H56/c1-10-11-12-24-45(8,9)34-19-22-35-32(26-34)17-21-39-36(35)15-13-14-30(3)43(39)42-27-33(44(5,6)7)18-23-38(42)37-20-16-29(2)25-31(4)40-28-41(37)40/h13,15,17-19,21-23,25-27,37,41H,10-12,14,16,20,24,28H2,1-9H3. The molecule has 1 saturated carbocycles. The molecule has 0 amide bonds.